The molecule has 11 heteroatoms. The molecule has 6 nitrogen and oxygen atoms in total. The first kappa shape index (κ1) is 27.8. The molecule has 0 saturated carbocycles. The second kappa shape index (κ2) is 11.6. The lowest BCUT2D eigenvalue weighted by Gasteiger charge is -2.22. The summed E-state index contributed by atoms with van der Waals surface area (Å²) in [6, 6.07) is 7.17. The topological polar surface area (TPSA) is 50.1 Å². The van der Waals surface area contributed by atoms with Crippen LogP contribution >= 0.6 is 63.9 Å². The number of aryl methyl sites for hydroxylation is 1. The van der Waals surface area contributed by atoms with Gasteiger partial charge in [-0.15, -0.1) is 24.8 Å². The number of amides is 1. The zero-order valence-electron chi connectivity index (χ0n) is 17.4. The van der Waals surface area contributed by atoms with Gasteiger partial charge in [-0.1, -0.05) is 23.2 Å². The summed E-state index contributed by atoms with van der Waals surface area (Å²) in [7, 11) is 5.37. The van der Waals surface area contributed by atoms with Crippen LogP contribution < -0.4 is 9.64 Å². The first-order valence-electron chi connectivity index (χ1n) is 8.84. The van der Waals surface area contributed by atoms with Crippen LogP contribution in [0, 0.1) is 6.92 Å². The lowest BCUT2D eigenvalue weighted by Crippen LogP contribution is -2.35. The molecule has 0 spiro atoms. The number of carbonyl (C=O) groups excluding carboxylic acids is 1. The summed E-state index contributed by atoms with van der Waals surface area (Å²) in [5, 5.41) is 0.861. The van der Waals surface area contributed by atoms with E-state index >= 15 is 0 Å². The van der Waals surface area contributed by atoms with Crippen molar-refractivity contribution < 1.29 is 9.53 Å². The van der Waals surface area contributed by atoms with E-state index in [0.717, 1.165) is 10.3 Å². The summed E-state index contributed by atoms with van der Waals surface area (Å²) in [4.78, 5) is 20.3. The number of hydrogen-bond donors (Lipinski definition) is 0. The van der Waals surface area contributed by atoms with E-state index in [9.17, 15) is 4.79 Å². The molecule has 31 heavy (non-hydrogen) atoms. The molecule has 3 rings (SSSR count). The Bertz CT molecular complexity index is 1080. The highest BCUT2D eigenvalue weighted by Crippen LogP contribution is 2.35. The van der Waals surface area contributed by atoms with E-state index in [2.05, 4.69) is 20.9 Å². The molecular weight excluding hydrogens is 550 g/mol. The molecule has 1 aromatic carbocycles. The van der Waals surface area contributed by atoms with Crippen LogP contribution in [0.3, 0.4) is 0 Å². The number of rotatable bonds is 6. The van der Waals surface area contributed by atoms with E-state index in [0.29, 0.717) is 32.7 Å². The van der Waals surface area contributed by atoms with Crippen molar-refractivity contribution in [2.75, 3.05) is 32.6 Å². The van der Waals surface area contributed by atoms with Gasteiger partial charge in [0.15, 0.2) is 11.4 Å². The van der Waals surface area contributed by atoms with Crippen molar-refractivity contribution in [1.29, 1.82) is 0 Å². The van der Waals surface area contributed by atoms with Gasteiger partial charge in [0.05, 0.1) is 22.9 Å². The Morgan fingerprint density at radius 3 is 2.52 bits per heavy atom. The minimum absolute atomic E-state index is 0. The third kappa shape index (κ3) is 5.97. The molecule has 0 aliphatic heterocycles. The summed E-state index contributed by atoms with van der Waals surface area (Å²) in [5.74, 6) is 0.532. The van der Waals surface area contributed by atoms with Crippen molar-refractivity contribution >= 4 is 81.2 Å². The van der Waals surface area contributed by atoms with E-state index in [1.165, 1.54) is 4.90 Å². The molecule has 1 amide bonds. The Kier molecular flexibility index (Phi) is 10.4. The molecule has 2 aromatic heterocycles. The number of ether oxygens (including phenoxy) is 1. The van der Waals surface area contributed by atoms with Crippen molar-refractivity contribution in [3.63, 3.8) is 0 Å². The van der Waals surface area contributed by atoms with Gasteiger partial charge in [0.25, 0.3) is 0 Å². The quantitative estimate of drug-likeness (QED) is 0.382. The number of anilines is 1. The number of carbonyl (C=O) groups is 1. The molecule has 2 heterocycles. The van der Waals surface area contributed by atoms with Crippen LogP contribution in [-0.2, 0) is 11.4 Å². The first-order valence-corrected chi connectivity index (χ1v) is 10.4. The molecule has 0 atom stereocenters. The molecule has 170 valence electrons. The van der Waals surface area contributed by atoms with Crippen LogP contribution in [-0.4, -0.2) is 47.9 Å². The Morgan fingerprint density at radius 1 is 1.19 bits per heavy atom. The minimum atomic E-state index is -0.0754. The number of pyridine rings is 1. The van der Waals surface area contributed by atoms with Crippen LogP contribution in [0.5, 0.6) is 5.75 Å². The molecule has 0 aliphatic rings. The maximum absolute atomic E-state index is 12.4. The van der Waals surface area contributed by atoms with E-state index in [-0.39, 0.29) is 43.9 Å². The zero-order valence-corrected chi connectivity index (χ0v) is 22.1. The average molecular weight is 573 g/mol. The number of imidazole rings is 1. The van der Waals surface area contributed by atoms with Crippen LogP contribution in [0.2, 0.25) is 10.0 Å². The smallest absolute Gasteiger partial charge is 0.240 e. The number of benzene rings is 1. The van der Waals surface area contributed by atoms with Gasteiger partial charge in [-0.3, -0.25) is 9.20 Å². The molecule has 0 fully saturated rings. The van der Waals surface area contributed by atoms with Crippen LogP contribution in [0.1, 0.15) is 11.3 Å². The monoisotopic (exact) mass is 570 g/mol. The predicted octanol–water partition coefficient (Wildman–Crippen LogP) is 5.66. The summed E-state index contributed by atoms with van der Waals surface area (Å²) < 4.78 is 8.78. The van der Waals surface area contributed by atoms with Gasteiger partial charge in [0.1, 0.15) is 11.2 Å². The molecule has 0 bridgehead atoms. The second-order valence-electron chi connectivity index (χ2n) is 6.89. The van der Waals surface area contributed by atoms with Crippen molar-refractivity contribution in [2.24, 2.45) is 0 Å². The zero-order chi connectivity index (χ0) is 21.3. The lowest BCUT2D eigenvalue weighted by atomic mass is 10.2. The third-order valence-electron chi connectivity index (χ3n) is 4.44. The maximum atomic E-state index is 12.4. The van der Waals surface area contributed by atoms with E-state index in [1.807, 2.05) is 43.7 Å². The SMILES string of the molecule is Cc1nc2c(OCc3c(Cl)ccc(N(C)C(=O)CN(C)C)c3Cl)cccn2c1Br.Cl.Cl. The van der Waals surface area contributed by atoms with Gasteiger partial charge >= 0.3 is 0 Å². The summed E-state index contributed by atoms with van der Waals surface area (Å²) in [6.07, 6.45) is 1.90. The average Bonchev–Trinajstić information content (AvgIpc) is 2.95. The van der Waals surface area contributed by atoms with Gasteiger partial charge in [-0.2, -0.15) is 0 Å². The number of halogens is 5. The van der Waals surface area contributed by atoms with Gasteiger partial charge in [0, 0.05) is 23.8 Å². The Labute approximate surface area is 212 Å². The molecule has 3 aromatic rings. The number of nitrogens with zero attached hydrogens (tertiary/aromatic N) is 4. The highest BCUT2D eigenvalue weighted by molar-refractivity contribution is 9.10. The standard InChI is InChI=1S/C20H21BrCl2N4O2.2ClH/c1-12-19(21)27-9-5-6-16(20(27)24-12)29-11-13-14(22)7-8-15(18(13)23)26(4)17(28)10-25(2)3;;/h5-9H,10-11H2,1-4H3;2*1H. The molecular formula is C20H23BrCl4N4O2. The van der Waals surface area contributed by atoms with Crippen molar-refractivity contribution in [2.45, 2.75) is 13.5 Å². The van der Waals surface area contributed by atoms with E-state index < -0.39 is 0 Å². The predicted molar refractivity (Wildman–Crippen MR) is 135 cm³/mol. The van der Waals surface area contributed by atoms with Crippen LogP contribution in [0.25, 0.3) is 5.65 Å². The van der Waals surface area contributed by atoms with Gasteiger partial charge < -0.3 is 14.5 Å². The van der Waals surface area contributed by atoms with Crippen LogP contribution in [0.15, 0.2) is 35.1 Å². The largest absolute Gasteiger partial charge is 0.485 e. The van der Waals surface area contributed by atoms with Gasteiger partial charge in [0.2, 0.25) is 5.91 Å². The Balaban J connectivity index is 0.00000240. The van der Waals surface area contributed by atoms with E-state index in [4.69, 9.17) is 27.9 Å². The molecule has 0 N–H and O–H groups in total. The normalized spacial score (nSPS) is 10.6. The van der Waals surface area contributed by atoms with Crippen LogP contribution in [0.4, 0.5) is 5.69 Å². The molecule has 0 unspecified atom stereocenters. The van der Waals surface area contributed by atoms with E-state index in [1.54, 1.807) is 24.1 Å². The number of aromatic nitrogens is 2. The summed E-state index contributed by atoms with van der Waals surface area (Å²) in [5.41, 5.74) is 2.75. The number of hydrogen-bond acceptors (Lipinski definition) is 4. The third-order valence-corrected chi connectivity index (χ3v) is 6.17. The Hall–Kier alpha value is -1.22. The van der Waals surface area contributed by atoms with Gasteiger partial charge in [-0.25, -0.2) is 4.98 Å². The number of likely N-dealkylation sites (N-methyl/N-ethyl adjacent to an activating group) is 2. The highest BCUT2D eigenvalue weighted by atomic mass is 79.9. The fraction of sp³-hybridized carbons (Fsp3) is 0.300. The lowest BCUT2D eigenvalue weighted by molar-refractivity contribution is -0.118. The molecule has 0 radical (unpaired) electrons. The van der Waals surface area contributed by atoms with Crippen molar-refractivity contribution in [3.05, 3.63) is 56.4 Å². The van der Waals surface area contributed by atoms with Gasteiger partial charge in [-0.05, 0) is 61.2 Å². The second-order valence-corrected chi connectivity index (χ2v) is 8.43. The van der Waals surface area contributed by atoms with Crippen molar-refractivity contribution in [3.8, 4) is 5.75 Å². The minimum Gasteiger partial charge on any atom is -0.485 e. The Morgan fingerprint density at radius 2 is 1.87 bits per heavy atom. The first-order chi connectivity index (χ1) is 13.7. The summed E-state index contributed by atoms with van der Waals surface area (Å²) >= 11 is 16.5. The molecule has 0 saturated heterocycles. The fourth-order valence-corrected chi connectivity index (χ4v) is 3.86. The maximum Gasteiger partial charge on any atom is 0.240 e. The summed E-state index contributed by atoms with van der Waals surface area (Å²) in [6.45, 7) is 2.33. The number of fused-ring (bicyclic) bond motifs is 1. The molecule has 0 aliphatic carbocycles. The highest BCUT2D eigenvalue weighted by Gasteiger charge is 2.19. The fourth-order valence-electron chi connectivity index (χ4n) is 2.88. The van der Waals surface area contributed by atoms with Crippen molar-refractivity contribution in [1.82, 2.24) is 14.3 Å².